The van der Waals surface area contributed by atoms with Crippen LogP contribution in [0.5, 0.6) is 5.75 Å². The lowest BCUT2D eigenvalue weighted by Gasteiger charge is -2.19. The Labute approximate surface area is 138 Å². The second kappa shape index (κ2) is 6.86. The number of nitrogens with one attached hydrogen (secondary N) is 1. The van der Waals surface area contributed by atoms with Crippen molar-refractivity contribution in [2.24, 2.45) is 0 Å². The van der Waals surface area contributed by atoms with E-state index in [0.29, 0.717) is 11.3 Å². The molecule has 1 amide bonds. The first-order valence-electron chi connectivity index (χ1n) is 8.05. The van der Waals surface area contributed by atoms with E-state index < -0.39 is 0 Å². The monoisotopic (exact) mass is 311 g/mol. The van der Waals surface area contributed by atoms with Crippen LogP contribution >= 0.6 is 0 Å². The Balaban J connectivity index is 2.40. The summed E-state index contributed by atoms with van der Waals surface area (Å²) in [7, 11) is 0. The van der Waals surface area contributed by atoms with Crippen molar-refractivity contribution in [1.82, 2.24) is 0 Å². The zero-order chi connectivity index (χ0) is 17.1. The van der Waals surface area contributed by atoms with Crippen LogP contribution in [0, 0.1) is 6.92 Å². The van der Waals surface area contributed by atoms with Crippen LogP contribution in [0.2, 0.25) is 0 Å². The van der Waals surface area contributed by atoms with E-state index >= 15 is 0 Å². The number of carbonyl (C=O) groups is 1. The molecule has 0 unspecified atom stereocenters. The van der Waals surface area contributed by atoms with Gasteiger partial charge in [0.25, 0.3) is 5.91 Å². The number of aryl methyl sites for hydroxylation is 1. The molecular formula is C20H25NO2. The molecule has 2 rings (SSSR count). The van der Waals surface area contributed by atoms with Gasteiger partial charge in [-0.15, -0.1) is 0 Å². The zero-order valence-electron chi connectivity index (χ0n) is 14.5. The number of phenols is 1. The molecule has 2 aromatic rings. The number of anilines is 1. The fourth-order valence-electron chi connectivity index (χ4n) is 2.77. The largest absolute Gasteiger partial charge is 0.507 e. The molecule has 0 saturated heterocycles. The van der Waals surface area contributed by atoms with Gasteiger partial charge in [-0.1, -0.05) is 51.5 Å². The molecule has 0 atom stereocenters. The lowest BCUT2D eigenvalue weighted by atomic mass is 9.92. The summed E-state index contributed by atoms with van der Waals surface area (Å²) in [6.07, 6.45) is 0. The molecule has 0 saturated carbocycles. The first-order valence-corrected chi connectivity index (χ1v) is 8.05. The van der Waals surface area contributed by atoms with E-state index in [1.54, 1.807) is 6.07 Å². The number of phenolic OH excluding ortho intramolecular Hbond substituents is 1. The highest BCUT2D eigenvalue weighted by atomic mass is 16.3. The van der Waals surface area contributed by atoms with Crippen molar-refractivity contribution in [3.63, 3.8) is 0 Å². The number of amides is 1. The molecule has 3 heteroatoms. The van der Waals surface area contributed by atoms with Crippen molar-refractivity contribution < 1.29 is 9.90 Å². The normalized spacial score (nSPS) is 11.1. The van der Waals surface area contributed by atoms with Gasteiger partial charge in [-0.25, -0.2) is 0 Å². The van der Waals surface area contributed by atoms with Crippen LogP contribution in [0.25, 0.3) is 0 Å². The van der Waals surface area contributed by atoms with Crippen molar-refractivity contribution in [2.75, 3.05) is 5.32 Å². The number of carbonyl (C=O) groups excluding carboxylic acids is 1. The predicted molar refractivity (Wildman–Crippen MR) is 95.4 cm³/mol. The van der Waals surface area contributed by atoms with E-state index in [1.807, 2.05) is 65.0 Å². The van der Waals surface area contributed by atoms with E-state index in [-0.39, 0.29) is 23.5 Å². The summed E-state index contributed by atoms with van der Waals surface area (Å²) >= 11 is 0. The summed E-state index contributed by atoms with van der Waals surface area (Å²) in [5.41, 5.74) is 4.03. The number of rotatable bonds is 4. The zero-order valence-corrected chi connectivity index (χ0v) is 14.5. The average Bonchev–Trinajstić information content (AvgIpc) is 2.46. The maximum atomic E-state index is 12.5. The molecule has 23 heavy (non-hydrogen) atoms. The van der Waals surface area contributed by atoms with Gasteiger partial charge in [0.05, 0.1) is 0 Å². The molecule has 0 aliphatic rings. The number of aromatic hydroxyl groups is 1. The summed E-state index contributed by atoms with van der Waals surface area (Å²) in [5, 5.41) is 13.5. The maximum absolute atomic E-state index is 12.5. The Morgan fingerprint density at radius 1 is 1.04 bits per heavy atom. The Kier molecular flexibility index (Phi) is 5.09. The van der Waals surface area contributed by atoms with Gasteiger partial charge in [0.2, 0.25) is 0 Å². The van der Waals surface area contributed by atoms with Crippen LogP contribution in [0.1, 0.15) is 66.6 Å². The lowest BCUT2D eigenvalue weighted by molar-refractivity contribution is 0.102. The molecule has 0 radical (unpaired) electrons. The first kappa shape index (κ1) is 17.1. The minimum Gasteiger partial charge on any atom is -0.507 e. The van der Waals surface area contributed by atoms with Gasteiger partial charge in [-0.3, -0.25) is 4.79 Å². The van der Waals surface area contributed by atoms with Gasteiger partial charge >= 0.3 is 0 Å². The molecule has 2 N–H and O–H groups in total. The Morgan fingerprint density at radius 2 is 1.74 bits per heavy atom. The highest BCUT2D eigenvalue weighted by molar-refractivity contribution is 6.05. The number of benzene rings is 2. The van der Waals surface area contributed by atoms with Gasteiger partial charge in [-0.05, 0) is 42.5 Å². The van der Waals surface area contributed by atoms with E-state index in [2.05, 4.69) is 5.32 Å². The number of hydrogen-bond donors (Lipinski definition) is 2. The van der Waals surface area contributed by atoms with E-state index in [1.165, 1.54) is 0 Å². The standard InChI is InChI=1S/C20H25NO2/c1-12(2)16-9-10-17(18(13(3)4)19(16)22)21-20(23)15-8-6-7-14(5)11-15/h6-13,22H,1-5H3,(H,21,23). The Bertz CT molecular complexity index is 718. The predicted octanol–water partition coefficient (Wildman–Crippen LogP) is 5.20. The lowest BCUT2D eigenvalue weighted by Crippen LogP contribution is -2.14. The molecule has 0 spiro atoms. The molecule has 0 aliphatic heterocycles. The molecule has 122 valence electrons. The summed E-state index contributed by atoms with van der Waals surface area (Å²) in [6, 6.07) is 11.2. The van der Waals surface area contributed by atoms with Gasteiger partial charge < -0.3 is 10.4 Å². The Hall–Kier alpha value is -2.29. The van der Waals surface area contributed by atoms with Crippen molar-refractivity contribution in [1.29, 1.82) is 0 Å². The molecule has 0 aromatic heterocycles. The molecule has 0 fully saturated rings. The fourth-order valence-corrected chi connectivity index (χ4v) is 2.77. The second-order valence-electron chi connectivity index (χ2n) is 6.60. The molecule has 0 aliphatic carbocycles. The third kappa shape index (κ3) is 3.73. The quantitative estimate of drug-likeness (QED) is 0.815. The average molecular weight is 311 g/mol. The molecule has 0 bridgehead atoms. The highest BCUT2D eigenvalue weighted by Gasteiger charge is 2.19. The van der Waals surface area contributed by atoms with Crippen LogP contribution in [-0.2, 0) is 0 Å². The van der Waals surface area contributed by atoms with Gasteiger partial charge in [0, 0.05) is 16.8 Å². The van der Waals surface area contributed by atoms with Crippen LogP contribution in [-0.4, -0.2) is 11.0 Å². The summed E-state index contributed by atoms with van der Waals surface area (Å²) in [5.74, 6) is 0.472. The van der Waals surface area contributed by atoms with E-state index in [0.717, 1.165) is 16.7 Å². The highest BCUT2D eigenvalue weighted by Crippen LogP contribution is 2.38. The third-order valence-corrected chi connectivity index (χ3v) is 3.98. The van der Waals surface area contributed by atoms with Crippen LogP contribution in [0.3, 0.4) is 0 Å². The van der Waals surface area contributed by atoms with Crippen molar-refractivity contribution in [3.05, 3.63) is 58.7 Å². The summed E-state index contributed by atoms with van der Waals surface area (Å²) in [4.78, 5) is 12.5. The van der Waals surface area contributed by atoms with Gasteiger partial charge in [-0.2, -0.15) is 0 Å². The second-order valence-corrected chi connectivity index (χ2v) is 6.60. The Morgan fingerprint density at radius 3 is 2.30 bits per heavy atom. The minimum absolute atomic E-state index is 0.113. The molecule has 0 heterocycles. The van der Waals surface area contributed by atoms with Crippen molar-refractivity contribution in [3.8, 4) is 5.75 Å². The molecular weight excluding hydrogens is 286 g/mol. The van der Waals surface area contributed by atoms with Gasteiger partial charge in [0.1, 0.15) is 5.75 Å². The van der Waals surface area contributed by atoms with Crippen LogP contribution < -0.4 is 5.32 Å². The summed E-state index contributed by atoms with van der Waals surface area (Å²) < 4.78 is 0. The van der Waals surface area contributed by atoms with E-state index in [9.17, 15) is 9.90 Å². The summed E-state index contributed by atoms with van der Waals surface area (Å²) in [6.45, 7) is 10.1. The van der Waals surface area contributed by atoms with Crippen molar-refractivity contribution >= 4 is 11.6 Å². The van der Waals surface area contributed by atoms with E-state index in [4.69, 9.17) is 0 Å². The van der Waals surface area contributed by atoms with Crippen LogP contribution in [0.15, 0.2) is 36.4 Å². The topological polar surface area (TPSA) is 49.3 Å². The molecule has 3 nitrogen and oxygen atoms in total. The molecule has 2 aromatic carbocycles. The maximum Gasteiger partial charge on any atom is 0.255 e. The smallest absolute Gasteiger partial charge is 0.255 e. The fraction of sp³-hybridized carbons (Fsp3) is 0.350. The number of hydrogen-bond acceptors (Lipinski definition) is 2. The SMILES string of the molecule is Cc1cccc(C(=O)Nc2ccc(C(C)C)c(O)c2C(C)C)c1. The van der Waals surface area contributed by atoms with Crippen molar-refractivity contribution in [2.45, 2.75) is 46.5 Å². The minimum atomic E-state index is -0.160. The first-order chi connectivity index (χ1) is 10.8. The third-order valence-electron chi connectivity index (χ3n) is 3.98. The van der Waals surface area contributed by atoms with Crippen LogP contribution in [0.4, 0.5) is 5.69 Å². The van der Waals surface area contributed by atoms with Gasteiger partial charge in [0.15, 0.2) is 0 Å².